The summed E-state index contributed by atoms with van der Waals surface area (Å²) in [7, 11) is 2.98. The summed E-state index contributed by atoms with van der Waals surface area (Å²) >= 11 is 6.07. The summed E-state index contributed by atoms with van der Waals surface area (Å²) in [6, 6.07) is 20.3. The molecule has 15 heteroatoms. The van der Waals surface area contributed by atoms with Crippen LogP contribution in [0.25, 0.3) is 22.3 Å². The van der Waals surface area contributed by atoms with Crippen LogP contribution in [0, 0.1) is 17.8 Å². The van der Waals surface area contributed by atoms with Crippen molar-refractivity contribution >= 4 is 52.6 Å². The first-order chi connectivity index (χ1) is 32.0. The van der Waals surface area contributed by atoms with E-state index in [0.29, 0.717) is 66.9 Å². The van der Waals surface area contributed by atoms with Crippen molar-refractivity contribution in [3.8, 4) is 33.8 Å². The molecule has 67 heavy (non-hydrogen) atoms. The van der Waals surface area contributed by atoms with Crippen LogP contribution in [-0.2, 0) is 35.2 Å². The molecule has 1 saturated heterocycles. The molecular formula is C52H60ClN5O9. The van der Waals surface area contributed by atoms with E-state index in [2.05, 4.69) is 10.6 Å². The van der Waals surface area contributed by atoms with Crippen LogP contribution in [0.1, 0.15) is 92.7 Å². The van der Waals surface area contributed by atoms with Gasteiger partial charge in [0.2, 0.25) is 23.6 Å². The number of nitrogens with two attached hydrogens (primary N) is 1. The summed E-state index contributed by atoms with van der Waals surface area (Å²) in [5, 5.41) is 28.5. The van der Waals surface area contributed by atoms with Gasteiger partial charge in [0.1, 0.15) is 23.6 Å². The van der Waals surface area contributed by atoms with Crippen molar-refractivity contribution in [1.82, 2.24) is 20.4 Å². The van der Waals surface area contributed by atoms with E-state index in [9.17, 15) is 43.8 Å². The monoisotopic (exact) mass is 933 g/mol. The fourth-order valence-electron chi connectivity index (χ4n) is 9.17. The number of aromatic hydroxyl groups is 2. The molecule has 2 aliphatic heterocycles. The van der Waals surface area contributed by atoms with Gasteiger partial charge >= 0.3 is 0 Å². The van der Waals surface area contributed by atoms with E-state index in [4.69, 9.17) is 17.3 Å². The van der Waals surface area contributed by atoms with E-state index >= 15 is 0 Å². The predicted molar refractivity (Wildman–Crippen MR) is 255 cm³/mol. The summed E-state index contributed by atoms with van der Waals surface area (Å²) in [4.78, 5) is 100. The molecule has 6 N–H and O–H groups in total. The van der Waals surface area contributed by atoms with E-state index in [1.807, 2.05) is 24.3 Å². The molecule has 4 bridgehead atoms. The fraction of sp³-hybridized carbons (Fsp3) is 0.404. The number of hydrogen-bond donors (Lipinski definition) is 5. The molecule has 1 fully saturated rings. The lowest BCUT2D eigenvalue weighted by atomic mass is 9.87. The number of carbonyl (C=O) groups is 7. The number of hydrogen-bond acceptors (Lipinski definition) is 10. The third kappa shape index (κ3) is 12.0. The van der Waals surface area contributed by atoms with Gasteiger partial charge in [0.25, 0.3) is 0 Å². The van der Waals surface area contributed by atoms with E-state index in [-0.39, 0.29) is 65.9 Å². The van der Waals surface area contributed by atoms with Gasteiger partial charge in [-0.1, -0.05) is 80.4 Å². The normalized spacial score (nSPS) is 19.4. The lowest BCUT2D eigenvalue weighted by Gasteiger charge is -2.32. The number of benzene rings is 4. The molecule has 4 aromatic carbocycles. The number of phenols is 2. The summed E-state index contributed by atoms with van der Waals surface area (Å²) < 4.78 is 0. The molecule has 0 saturated carbocycles. The first-order valence-corrected chi connectivity index (χ1v) is 23.3. The second-order valence-corrected chi connectivity index (χ2v) is 18.3. The van der Waals surface area contributed by atoms with Crippen LogP contribution in [0.4, 0.5) is 0 Å². The zero-order valence-electron chi connectivity index (χ0n) is 38.4. The largest absolute Gasteiger partial charge is 0.507 e. The quantitative estimate of drug-likeness (QED) is 0.0638. The Bertz CT molecular complexity index is 2490. The van der Waals surface area contributed by atoms with Gasteiger partial charge in [-0.15, -0.1) is 0 Å². The first kappa shape index (κ1) is 50.0. The van der Waals surface area contributed by atoms with Crippen molar-refractivity contribution in [3.05, 3.63) is 107 Å². The second kappa shape index (κ2) is 22.4. The van der Waals surface area contributed by atoms with Gasteiger partial charge in [-0.3, -0.25) is 33.6 Å². The number of nitrogens with zero attached hydrogens (tertiary/aromatic N) is 2. The molecular weight excluding hydrogens is 874 g/mol. The number of phenolic OH excluding ortho intramolecular Hbond substituents is 2. The SMILES string of the molecule is CNC(=O)[C@@H]1CCCN1C(=O)[C@H](C)CC(=O)[C@@H]1Cc2ccc(O)c(c2)-c2cc(ccc2O)[C@H](N(C)C(=O)[C@H](CCCCN)CC(=O)c2ccc(-c3ccc(Cl)cc3)cc2)C(=O)C[C@@H](C)C(=O)N1. The van der Waals surface area contributed by atoms with Crippen LogP contribution in [0.15, 0.2) is 84.9 Å². The lowest BCUT2D eigenvalue weighted by Crippen LogP contribution is -2.48. The van der Waals surface area contributed by atoms with Crippen LogP contribution in [0.5, 0.6) is 11.5 Å². The number of likely N-dealkylation sites (N-methyl/N-ethyl adjacent to an activating group) is 2. The van der Waals surface area contributed by atoms with Crippen LogP contribution in [-0.4, -0.2) is 100 Å². The molecule has 6 rings (SSSR count). The summed E-state index contributed by atoms with van der Waals surface area (Å²) in [6.45, 7) is 3.91. The lowest BCUT2D eigenvalue weighted by molar-refractivity contribution is -0.143. The molecule has 0 unspecified atom stereocenters. The maximum Gasteiger partial charge on any atom is 0.242 e. The van der Waals surface area contributed by atoms with Gasteiger partial charge in [-0.05, 0) is 97.3 Å². The highest BCUT2D eigenvalue weighted by atomic mass is 35.5. The molecule has 4 aromatic rings. The minimum atomic E-state index is -1.30. The van der Waals surface area contributed by atoms with Gasteiger partial charge in [0.05, 0.1) is 6.04 Å². The molecule has 0 spiro atoms. The van der Waals surface area contributed by atoms with E-state index in [1.165, 1.54) is 48.2 Å². The van der Waals surface area contributed by atoms with Crippen LogP contribution >= 0.6 is 11.6 Å². The molecule has 0 radical (unpaired) electrons. The highest BCUT2D eigenvalue weighted by Gasteiger charge is 2.39. The number of carbonyl (C=O) groups excluding carboxylic acids is 7. The summed E-state index contributed by atoms with van der Waals surface area (Å²) in [5.41, 5.74) is 9.18. The van der Waals surface area contributed by atoms with E-state index < -0.39 is 59.3 Å². The van der Waals surface area contributed by atoms with Gasteiger partial charge in [-0.2, -0.15) is 0 Å². The number of halogens is 1. The minimum absolute atomic E-state index is 0.0406. The molecule has 2 heterocycles. The predicted octanol–water partition coefficient (Wildman–Crippen LogP) is 6.57. The molecule has 6 atom stereocenters. The molecule has 2 aliphatic rings. The van der Waals surface area contributed by atoms with Crippen LogP contribution in [0.3, 0.4) is 0 Å². The number of Topliss-reactive ketones (excluding diaryl/α,β-unsaturated/α-hetero) is 3. The smallest absolute Gasteiger partial charge is 0.242 e. The molecule has 0 aliphatic carbocycles. The van der Waals surface area contributed by atoms with Gasteiger partial charge in [-0.25, -0.2) is 0 Å². The standard InChI is InChI=1S/C52H60ClN5O9/c1-30-24-47(63)48(57(4)52(67)37(8-5-6-22-54)29-45(61)35-13-11-33(12-14-35)34-15-18-38(53)19-16-34)36-17-21-44(60)40(28-36)39-26-32(10-20-43(39)59)27-41(56-49(30)64)46(62)25-31(2)51(66)58-23-7-9-42(58)50(65)55-3/h10-21,26,28,30-31,37,41-42,48,59-60H,5-9,22-25,27,29,54H2,1-4H3,(H,55,65)(H,56,64)/t30-,31-,37-,41+,42+,48+/m1/s1. The van der Waals surface area contributed by atoms with Gasteiger partial charge < -0.3 is 36.4 Å². The van der Waals surface area contributed by atoms with Crippen molar-refractivity contribution in [1.29, 1.82) is 0 Å². The summed E-state index contributed by atoms with van der Waals surface area (Å²) in [5.74, 6) is -6.06. The highest BCUT2D eigenvalue weighted by Crippen LogP contribution is 2.40. The van der Waals surface area contributed by atoms with E-state index in [1.54, 1.807) is 50.2 Å². The number of ketones is 3. The number of fused-ring (bicyclic) bond motifs is 5. The van der Waals surface area contributed by atoms with E-state index in [0.717, 1.165) is 11.1 Å². The fourth-order valence-corrected chi connectivity index (χ4v) is 9.30. The zero-order chi connectivity index (χ0) is 48.5. The maximum absolute atomic E-state index is 14.7. The molecule has 0 aromatic heterocycles. The molecule has 4 amide bonds. The van der Waals surface area contributed by atoms with Crippen molar-refractivity contribution in [2.75, 3.05) is 27.2 Å². The third-order valence-electron chi connectivity index (χ3n) is 13.0. The Morgan fingerprint density at radius 2 is 1.52 bits per heavy atom. The van der Waals surface area contributed by atoms with Crippen molar-refractivity contribution in [2.45, 2.75) is 89.8 Å². The number of unbranched alkanes of at least 4 members (excludes halogenated alkanes) is 1. The number of amides is 4. The average Bonchev–Trinajstić information content (AvgIpc) is 3.81. The van der Waals surface area contributed by atoms with Crippen molar-refractivity contribution in [2.24, 2.45) is 23.5 Å². The maximum atomic E-state index is 14.7. The van der Waals surface area contributed by atoms with Crippen LogP contribution in [0.2, 0.25) is 5.02 Å². The zero-order valence-corrected chi connectivity index (χ0v) is 39.2. The topological polar surface area (TPSA) is 217 Å². The Labute approximate surface area is 396 Å². The molecule has 354 valence electrons. The highest BCUT2D eigenvalue weighted by molar-refractivity contribution is 6.30. The first-order valence-electron chi connectivity index (χ1n) is 22.9. The number of likely N-dealkylation sites (tertiary alicyclic amines) is 1. The van der Waals surface area contributed by atoms with Crippen molar-refractivity contribution in [3.63, 3.8) is 0 Å². The second-order valence-electron chi connectivity index (χ2n) is 17.9. The number of rotatable bonds is 15. The van der Waals surface area contributed by atoms with Crippen molar-refractivity contribution < 1.29 is 43.8 Å². The summed E-state index contributed by atoms with van der Waals surface area (Å²) in [6.07, 6.45) is 1.80. The van der Waals surface area contributed by atoms with Gasteiger partial charge in [0, 0.05) is 79.4 Å². The molecule has 14 nitrogen and oxygen atoms in total. The Kier molecular flexibility index (Phi) is 16.7. The Hall–Kier alpha value is -6.38. The Morgan fingerprint density at radius 1 is 0.881 bits per heavy atom. The van der Waals surface area contributed by atoms with Crippen LogP contribution < -0.4 is 16.4 Å². The van der Waals surface area contributed by atoms with Gasteiger partial charge in [0.15, 0.2) is 17.3 Å². The third-order valence-corrected chi connectivity index (χ3v) is 13.3. The average molecular weight is 935 g/mol. The minimum Gasteiger partial charge on any atom is -0.507 e. The number of nitrogens with one attached hydrogen (secondary N) is 2. The Balaban J connectivity index is 1.29. The Morgan fingerprint density at radius 3 is 2.18 bits per heavy atom.